The van der Waals surface area contributed by atoms with Gasteiger partial charge in [-0.25, -0.2) is 0 Å². The van der Waals surface area contributed by atoms with Gasteiger partial charge in [0.05, 0.1) is 5.69 Å². The van der Waals surface area contributed by atoms with Crippen molar-refractivity contribution >= 4 is 33.0 Å². The molecule has 20 heavy (non-hydrogen) atoms. The van der Waals surface area contributed by atoms with Crippen molar-refractivity contribution in [1.29, 1.82) is 0 Å². The summed E-state index contributed by atoms with van der Waals surface area (Å²) >= 11 is 1.48. The first kappa shape index (κ1) is 14.6. The van der Waals surface area contributed by atoms with Crippen molar-refractivity contribution in [3.63, 3.8) is 0 Å². The van der Waals surface area contributed by atoms with E-state index in [1.807, 2.05) is 32.2 Å². The Morgan fingerprint density at radius 1 is 1.50 bits per heavy atom. The molecule has 0 aliphatic carbocycles. The number of benzene rings is 1. The zero-order valence-electron chi connectivity index (χ0n) is 12.0. The number of unbranched alkanes of at least 4 members (excludes halogenated alkanes) is 1. The summed E-state index contributed by atoms with van der Waals surface area (Å²) in [5.74, 6) is 0.00501. The Labute approximate surface area is 123 Å². The summed E-state index contributed by atoms with van der Waals surface area (Å²) in [5, 5.41) is 0.975. The average Bonchev–Trinajstić information content (AvgIpc) is 2.74. The van der Waals surface area contributed by atoms with E-state index in [2.05, 4.69) is 12.6 Å². The molecule has 1 amide bonds. The summed E-state index contributed by atoms with van der Waals surface area (Å²) in [5.41, 5.74) is 7.91. The second kappa shape index (κ2) is 6.09. The lowest BCUT2D eigenvalue weighted by Gasteiger charge is -2.16. The molecule has 1 heterocycles. The van der Waals surface area contributed by atoms with Gasteiger partial charge in [-0.3, -0.25) is 4.79 Å². The van der Waals surface area contributed by atoms with Crippen LogP contribution in [-0.4, -0.2) is 24.4 Å². The maximum absolute atomic E-state index is 12.4. The Bertz CT molecular complexity index is 645. The minimum atomic E-state index is 0.00501. The fourth-order valence-electron chi connectivity index (χ4n) is 2.13. The predicted octanol–water partition coefficient (Wildman–Crippen LogP) is 3.83. The number of hydrogen-bond donors (Lipinski definition) is 1. The van der Waals surface area contributed by atoms with Crippen LogP contribution in [0.25, 0.3) is 10.1 Å². The maximum atomic E-state index is 12.4. The fraction of sp³-hybridized carbons (Fsp3) is 0.312. The number of thiophene rings is 1. The van der Waals surface area contributed by atoms with Gasteiger partial charge in [-0.2, -0.15) is 0 Å². The molecule has 0 atom stereocenters. The van der Waals surface area contributed by atoms with E-state index in [0.29, 0.717) is 10.6 Å². The van der Waals surface area contributed by atoms with Gasteiger partial charge < -0.3 is 10.6 Å². The zero-order valence-corrected chi connectivity index (χ0v) is 12.8. The van der Waals surface area contributed by atoms with Crippen molar-refractivity contribution < 1.29 is 4.79 Å². The summed E-state index contributed by atoms with van der Waals surface area (Å²) in [4.78, 5) is 14.8. The first-order valence-corrected chi connectivity index (χ1v) is 7.51. The Balaban J connectivity index is 2.25. The van der Waals surface area contributed by atoms with E-state index in [9.17, 15) is 4.79 Å². The molecular weight excluding hydrogens is 268 g/mol. The quantitative estimate of drug-likeness (QED) is 0.671. The van der Waals surface area contributed by atoms with Crippen LogP contribution >= 0.6 is 11.3 Å². The normalized spacial score (nSPS) is 10.7. The molecule has 0 aliphatic heterocycles. The van der Waals surface area contributed by atoms with Gasteiger partial charge in [0, 0.05) is 23.7 Å². The Hall–Kier alpha value is -1.81. The van der Waals surface area contributed by atoms with Crippen molar-refractivity contribution in [2.24, 2.45) is 0 Å². The lowest BCUT2D eigenvalue weighted by Crippen LogP contribution is -2.27. The minimum absolute atomic E-state index is 0.00501. The fourth-order valence-corrected chi connectivity index (χ4v) is 3.35. The highest BCUT2D eigenvalue weighted by Gasteiger charge is 2.19. The molecule has 0 bridgehead atoms. The molecule has 1 aromatic heterocycles. The van der Waals surface area contributed by atoms with Crippen LogP contribution < -0.4 is 5.73 Å². The monoisotopic (exact) mass is 288 g/mol. The molecule has 106 valence electrons. The number of anilines is 1. The SMILES string of the molecule is C=CCCCN(C)C(=O)c1sc2cc(C)ccc2c1N. The number of fused-ring (bicyclic) bond motifs is 1. The number of amides is 1. The molecule has 0 saturated carbocycles. The third kappa shape index (κ3) is 2.85. The highest BCUT2D eigenvalue weighted by atomic mass is 32.1. The molecular formula is C16H20N2OS. The van der Waals surface area contributed by atoms with E-state index in [4.69, 9.17) is 5.73 Å². The summed E-state index contributed by atoms with van der Waals surface area (Å²) in [6.07, 6.45) is 3.71. The molecule has 0 saturated heterocycles. The first-order chi connectivity index (χ1) is 9.54. The van der Waals surface area contributed by atoms with E-state index >= 15 is 0 Å². The minimum Gasteiger partial charge on any atom is -0.397 e. The first-order valence-electron chi connectivity index (χ1n) is 6.69. The van der Waals surface area contributed by atoms with Crippen molar-refractivity contribution in [2.45, 2.75) is 19.8 Å². The lowest BCUT2D eigenvalue weighted by atomic mass is 10.1. The topological polar surface area (TPSA) is 46.3 Å². The molecule has 2 N–H and O–H groups in total. The average molecular weight is 288 g/mol. The van der Waals surface area contributed by atoms with Crippen LogP contribution in [0, 0.1) is 6.92 Å². The van der Waals surface area contributed by atoms with Gasteiger partial charge in [0.15, 0.2) is 0 Å². The standard InChI is InChI=1S/C16H20N2OS/c1-4-5-6-9-18(3)16(19)15-14(17)12-8-7-11(2)10-13(12)20-15/h4,7-8,10H,1,5-6,9,17H2,2-3H3. The van der Waals surface area contributed by atoms with Crippen molar-refractivity contribution in [1.82, 2.24) is 4.90 Å². The highest BCUT2D eigenvalue weighted by molar-refractivity contribution is 7.21. The Morgan fingerprint density at radius 3 is 2.95 bits per heavy atom. The molecule has 0 spiro atoms. The van der Waals surface area contributed by atoms with Gasteiger partial charge in [0.25, 0.3) is 5.91 Å². The van der Waals surface area contributed by atoms with Gasteiger partial charge in [-0.05, 0) is 31.4 Å². The van der Waals surface area contributed by atoms with E-state index < -0.39 is 0 Å². The molecule has 2 rings (SSSR count). The van der Waals surface area contributed by atoms with Crippen LogP contribution in [0.15, 0.2) is 30.9 Å². The van der Waals surface area contributed by atoms with Crippen LogP contribution in [-0.2, 0) is 0 Å². The zero-order chi connectivity index (χ0) is 14.7. The molecule has 3 nitrogen and oxygen atoms in total. The van der Waals surface area contributed by atoms with E-state index in [0.717, 1.165) is 29.5 Å². The van der Waals surface area contributed by atoms with Gasteiger partial charge >= 0.3 is 0 Å². The smallest absolute Gasteiger partial charge is 0.265 e. The van der Waals surface area contributed by atoms with E-state index in [1.54, 1.807) is 4.90 Å². The Morgan fingerprint density at radius 2 is 2.25 bits per heavy atom. The second-order valence-corrected chi connectivity index (χ2v) is 6.05. The number of carbonyl (C=O) groups excluding carboxylic acids is 1. The van der Waals surface area contributed by atoms with Crippen molar-refractivity contribution in [3.8, 4) is 0 Å². The van der Waals surface area contributed by atoms with Crippen LogP contribution in [0.1, 0.15) is 28.1 Å². The number of allylic oxidation sites excluding steroid dienone is 1. The summed E-state index contributed by atoms with van der Waals surface area (Å²) in [7, 11) is 1.82. The molecule has 1 aromatic carbocycles. The number of hydrogen-bond acceptors (Lipinski definition) is 3. The molecule has 4 heteroatoms. The molecule has 0 aliphatic rings. The van der Waals surface area contributed by atoms with Crippen LogP contribution in [0.2, 0.25) is 0 Å². The molecule has 0 unspecified atom stereocenters. The van der Waals surface area contributed by atoms with Gasteiger partial charge in [0.1, 0.15) is 4.88 Å². The molecule has 0 radical (unpaired) electrons. The molecule has 2 aromatic rings. The number of nitrogen functional groups attached to an aromatic ring is 1. The van der Waals surface area contributed by atoms with E-state index in [-0.39, 0.29) is 5.91 Å². The lowest BCUT2D eigenvalue weighted by molar-refractivity contribution is 0.0799. The number of nitrogens with zero attached hydrogens (tertiary/aromatic N) is 1. The number of rotatable bonds is 5. The summed E-state index contributed by atoms with van der Waals surface area (Å²) < 4.78 is 1.07. The van der Waals surface area contributed by atoms with E-state index in [1.165, 1.54) is 16.9 Å². The third-order valence-electron chi connectivity index (χ3n) is 3.33. The van der Waals surface area contributed by atoms with Crippen LogP contribution in [0.3, 0.4) is 0 Å². The second-order valence-electron chi connectivity index (χ2n) is 5.00. The molecule has 0 fully saturated rings. The highest BCUT2D eigenvalue weighted by Crippen LogP contribution is 2.34. The van der Waals surface area contributed by atoms with Crippen molar-refractivity contribution in [3.05, 3.63) is 41.3 Å². The Kier molecular flexibility index (Phi) is 4.45. The van der Waals surface area contributed by atoms with Gasteiger partial charge in [0.2, 0.25) is 0 Å². The van der Waals surface area contributed by atoms with Crippen LogP contribution in [0.5, 0.6) is 0 Å². The summed E-state index contributed by atoms with van der Waals surface area (Å²) in [6.45, 7) is 6.45. The summed E-state index contributed by atoms with van der Waals surface area (Å²) in [6, 6.07) is 6.09. The maximum Gasteiger partial charge on any atom is 0.265 e. The third-order valence-corrected chi connectivity index (χ3v) is 4.48. The predicted molar refractivity (Wildman–Crippen MR) is 87.4 cm³/mol. The number of carbonyl (C=O) groups is 1. The largest absolute Gasteiger partial charge is 0.397 e. The number of aryl methyl sites for hydroxylation is 1. The van der Waals surface area contributed by atoms with Gasteiger partial charge in [-0.1, -0.05) is 18.2 Å². The number of nitrogens with two attached hydrogens (primary N) is 1. The van der Waals surface area contributed by atoms with Crippen molar-refractivity contribution in [2.75, 3.05) is 19.3 Å². The van der Waals surface area contributed by atoms with Crippen LogP contribution in [0.4, 0.5) is 5.69 Å². The van der Waals surface area contributed by atoms with Gasteiger partial charge in [-0.15, -0.1) is 17.9 Å².